The average Bonchev–Trinajstić information content (AvgIpc) is 2.23. The van der Waals surface area contributed by atoms with E-state index in [9.17, 15) is 4.79 Å². The van der Waals surface area contributed by atoms with Crippen molar-refractivity contribution in [3.8, 4) is 0 Å². The Morgan fingerprint density at radius 1 is 1.47 bits per heavy atom. The van der Waals surface area contributed by atoms with E-state index in [4.69, 9.17) is 14.6 Å². The maximum atomic E-state index is 11.8. The molecule has 0 aromatic carbocycles. The highest BCUT2D eigenvalue weighted by atomic mass is 28.3. The molecule has 2 N–H and O–H groups in total. The smallest absolute Gasteiger partial charge is 0.332 e. The number of ketones is 1. The predicted octanol–water partition coefficient (Wildman–Crippen LogP) is 0.754. The largest absolute Gasteiger partial charge is 0.399 e. The number of carbonyl (C=O) groups is 1. The van der Waals surface area contributed by atoms with Crippen molar-refractivity contribution in [2.45, 2.75) is 25.3 Å². The first-order valence-electron chi connectivity index (χ1n) is 5.03. The molecule has 4 nitrogen and oxygen atoms in total. The van der Waals surface area contributed by atoms with E-state index >= 15 is 0 Å². The van der Waals surface area contributed by atoms with E-state index in [0.717, 1.165) is 12.8 Å². The second-order valence-electron chi connectivity index (χ2n) is 3.52. The molecule has 0 aliphatic heterocycles. The van der Waals surface area contributed by atoms with Crippen molar-refractivity contribution >= 4 is 15.1 Å². The van der Waals surface area contributed by atoms with Gasteiger partial charge in [0.2, 0.25) is 0 Å². The summed E-state index contributed by atoms with van der Waals surface area (Å²) in [5.74, 6) is 0.0452. The molecule has 0 aromatic heterocycles. The van der Waals surface area contributed by atoms with Crippen molar-refractivity contribution < 1.29 is 13.6 Å². The molecule has 0 bridgehead atoms. The van der Waals surface area contributed by atoms with Crippen LogP contribution in [0.3, 0.4) is 0 Å². The highest BCUT2D eigenvalue weighted by Crippen LogP contribution is 2.22. The first-order chi connectivity index (χ1) is 7.08. The molecule has 0 aromatic rings. The Labute approximate surface area is 93.3 Å². The number of Topliss-reactive ketones (excluding diaryl/α,β-unsaturated/α-hetero) is 1. The van der Waals surface area contributed by atoms with Gasteiger partial charge in [0.05, 0.1) is 5.54 Å². The number of rotatable bonds is 8. The molecular formula is C10H21NO3Si. The number of allylic oxidation sites excluding steroid dienone is 1. The van der Waals surface area contributed by atoms with Crippen molar-refractivity contribution in [1.29, 1.82) is 0 Å². The van der Waals surface area contributed by atoms with Gasteiger partial charge in [-0.1, -0.05) is 6.58 Å². The SMILES string of the molecule is C=C(C)C(=O)C(CCCN)[SiH](OC)OC. The molecular weight excluding hydrogens is 210 g/mol. The second-order valence-corrected chi connectivity index (χ2v) is 6.01. The first kappa shape index (κ1) is 14.5. The standard InChI is InChI=1S/C10H21NO3Si/c1-8(2)10(12)9(6-5-7-11)15(13-3)14-4/h9,15H,1,5-7,11H2,2-4H3. The van der Waals surface area contributed by atoms with Crippen LogP contribution in [-0.4, -0.2) is 35.8 Å². The third-order valence-corrected chi connectivity index (χ3v) is 4.49. The molecule has 0 radical (unpaired) electrons. The van der Waals surface area contributed by atoms with E-state index in [0.29, 0.717) is 12.1 Å². The minimum Gasteiger partial charge on any atom is -0.399 e. The normalized spacial score (nSPS) is 12.9. The monoisotopic (exact) mass is 231 g/mol. The zero-order valence-corrected chi connectivity index (χ0v) is 10.9. The highest BCUT2D eigenvalue weighted by Gasteiger charge is 2.30. The number of nitrogens with two attached hydrogens (primary N) is 1. The molecule has 0 heterocycles. The van der Waals surface area contributed by atoms with Gasteiger partial charge >= 0.3 is 9.28 Å². The minimum atomic E-state index is -1.92. The molecule has 1 atom stereocenters. The lowest BCUT2D eigenvalue weighted by Gasteiger charge is -2.21. The van der Waals surface area contributed by atoms with Crippen LogP contribution in [0.25, 0.3) is 0 Å². The van der Waals surface area contributed by atoms with Crippen molar-refractivity contribution in [2.24, 2.45) is 5.73 Å². The molecule has 0 amide bonds. The van der Waals surface area contributed by atoms with E-state index in [2.05, 4.69) is 6.58 Å². The van der Waals surface area contributed by atoms with Crippen LogP contribution in [0, 0.1) is 0 Å². The van der Waals surface area contributed by atoms with Gasteiger partial charge in [-0.2, -0.15) is 0 Å². The summed E-state index contributed by atoms with van der Waals surface area (Å²) in [5, 5.41) is 0. The summed E-state index contributed by atoms with van der Waals surface area (Å²) in [6, 6.07) is 0. The van der Waals surface area contributed by atoms with E-state index in [1.54, 1.807) is 21.1 Å². The predicted molar refractivity (Wildman–Crippen MR) is 63.0 cm³/mol. The van der Waals surface area contributed by atoms with Gasteiger partial charge in [-0.25, -0.2) is 0 Å². The number of hydrogen-bond acceptors (Lipinski definition) is 4. The van der Waals surface area contributed by atoms with Crippen LogP contribution in [0.4, 0.5) is 0 Å². The quantitative estimate of drug-likeness (QED) is 0.495. The average molecular weight is 231 g/mol. The Balaban J connectivity index is 4.54. The van der Waals surface area contributed by atoms with Gasteiger partial charge in [-0.05, 0) is 31.9 Å². The lowest BCUT2D eigenvalue weighted by atomic mass is 10.1. The Kier molecular flexibility index (Phi) is 7.50. The van der Waals surface area contributed by atoms with E-state index in [1.807, 2.05) is 0 Å². The van der Waals surface area contributed by atoms with Crippen molar-refractivity contribution in [2.75, 3.05) is 20.8 Å². The molecule has 0 saturated heterocycles. The first-order valence-corrected chi connectivity index (χ1v) is 6.64. The molecule has 0 saturated carbocycles. The molecule has 0 fully saturated rings. The summed E-state index contributed by atoms with van der Waals surface area (Å²) in [7, 11) is 1.25. The summed E-state index contributed by atoms with van der Waals surface area (Å²) in [6.45, 7) is 5.96. The fourth-order valence-electron chi connectivity index (χ4n) is 1.47. The van der Waals surface area contributed by atoms with E-state index in [1.165, 1.54) is 0 Å². The van der Waals surface area contributed by atoms with Crippen LogP contribution in [-0.2, 0) is 13.6 Å². The lowest BCUT2D eigenvalue weighted by molar-refractivity contribution is -0.116. The van der Waals surface area contributed by atoms with Crippen LogP contribution in [0.5, 0.6) is 0 Å². The van der Waals surface area contributed by atoms with Crippen LogP contribution in [0.2, 0.25) is 5.54 Å². The van der Waals surface area contributed by atoms with Gasteiger partial charge in [-0.15, -0.1) is 0 Å². The van der Waals surface area contributed by atoms with E-state index in [-0.39, 0.29) is 11.3 Å². The fraction of sp³-hybridized carbons (Fsp3) is 0.700. The number of hydrogen-bond donors (Lipinski definition) is 1. The van der Waals surface area contributed by atoms with Crippen LogP contribution in [0.1, 0.15) is 19.8 Å². The van der Waals surface area contributed by atoms with Crippen molar-refractivity contribution in [3.05, 3.63) is 12.2 Å². The zero-order valence-electron chi connectivity index (χ0n) is 9.79. The summed E-state index contributed by atoms with van der Waals surface area (Å²) in [6.07, 6.45) is 1.53. The summed E-state index contributed by atoms with van der Waals surface area (Å²) in [5.41, 5.74) is 5.83. The molecule has 15 heavy (non-hydrogen) atoms. The summed E-state index contributed by atoms with van der Waals surface area (Å²) >= 11 is 0. The minimum absolute atomic E-state index is 0.0452. The Hall–Kier alpha value is -0.493. The maximum absolute atomic E-state index is 11.8. The molecule has 0 rings (SSSR count). The maximum Gasteiger partial charge on any atom is 0.332 e. The van der Waals surface area contributed by atoms with Crippen molar-refractivity contribution in [3.63, 3.8) is 0 Å². The van der Waals surface area contributed by atoms with Crippen LogP contribution in [0.15, 0.2) is 12.2 Å². The van der Waals surface area contributed by atoms with E-state index < -0.39 is 9.28 Å². The van der Waals surface area contributed by atoms with Gasteiger partial charge in [0, 0.05) is 14.2 Å². The summed E-state index contributed by atoms with van der Waals surface area (Å²) < 4.78 is 10.5. The zero-order chi connectivity index (χ0) is 11.8. The Morgan fingerprint density at radius 3 is 2.33 bits per heavy atom. The molecule has 5 heteroatoms. The van der Waals surface area contributed by atoms with Gasteiger partial charge in [-0.3, -0.25) is 4.79 Å². The lowest BCUT2D eigenvalue weighted by Crippen LogP contribution is -2.32. The third-order valence-electron chi connectivity index (χ3n) is 2.27. The van der Waals surface area contributed by atoms with Crippen LogP contribution >= 0.6 is 0 Å². The molecule has 88 valence electrons. The Morgan fingerprint density at radius 2 is 2.00 bits per heavy atom. The molecule has 0 aliphatic rings. The molecule has 0 spiro atoms. The number of carbonyl (C=O) groups excluding carboxylic acids is 1. The van der Waals surface area contributed by atoms with Gasteiger partial charge < -0.3 is 14.6 Å². The topological polar surface area (TPSA) is 61.6 Å². The van der Waals surface area contributed by atoms with Gasteiger partial charge in [0.15, 0.2) is 5.78 Å². The van der Waals surface area contributed by atoms with Gasteiger partial charge in [0.1, 0.15) is 0 Å². The Bertz CT molecular complexity index is 217. The van der Waals surface area contributed by atoms with Crippen LogP contribution < -0.4 is 5.73 Å². The summed E-state index contributed by atoms with van der Waals surface area (Å²) in [4.78, 5) is 11.8. The second kappa shape index (κ2) is 7.75. The molecule has 1 unspecified atom stereocenters. The third kappa shape index (κ3) is 4.70. The highest BCUT2D eigenvalue weighted by molar-refractivity contribution is 6.53. The molecule has 0 aliphatic carbocycles. The van der Waals surface area contributed by atoms with Gasteiger partial charge in [0.25, 0.3) is 0 Å². The fourth-order valence-corrected chi connectivity index (χ4v) is 3.36. The van der Waals surface area contributed by atoms with Crippen molar-refractivity contribution in [1.82, 2.24) is 0 Å².